The summed E-state index contributed by atoms with van der Waals surface area (Å²) in [4.78, 5) is 16.9. The molecule has 1 N–H and O–H groups in total. The van der Waals surface area contributed by atoms with E-state index in [-0.39, 0.29) is 0 Å². The maximum absolute atomic E-state index is 5.53. The molecule has 1 aromatic heterocycles. The zero-order valence-electron chi connectivity index (χ0n) is 22.5. The van der Waals surface area contributed by atoms with Crippen molar-refractivity contribution in [2.75, 3.05) is 56.7 Å². The van der Waals surface area contributed by atoms with E-state index in [1.807, 2.05) is 0 Å². The molecule has 2 bridgehead atoms. The SMILES string of the molecule is CN1CCCC1.COc1nc2c(c(N3CC4CCC(C3)N4)n1)CCN(c1cccc3cccc(C)c13)C2. The van der Waals surface area contributed by atoms with E-state index in [4.69, 9.17) is 14.7 Å². The minimum atomic E-state index is 0.482. The number of rotatable bonds is 3. The molecule has 4 aliphatic rings. The van der Waals surface area contributed by atoms with Gasteiger partial charge < -0.3 is 24.8 Å². The van der Waals surface area contributed by atoms with Crippen LogP contribution in [-0.4, -0.2) is 73.8 Å². The number of nitrogens with zero attached hydrogens (tertiary/aromatic N) is 5. The van der Waals surface area contributed by atoms with Gasteiger partial charge in [0.15, 0.2) is 0 Å². The lowest BCUT2D eigenvalue weighted by atomic mass is 9.99. The van der Waals surface area contributed by atoms with E-state index >= 15 is 0 Å². The Hall–Kier alpha value is -2.90. The highest BCUT2D eigenvalue weighted by molar-refractivity contribution is 5.97. The van der Waals surface area contributed by atoms with E-state index in [9.17, 15) is 0 Å². The molecule has 2 atom stereocenters. The van der Waals surface area contributed by atoms with Crippen LogP contribution in [0.15, 0.2) is 36.4 Å². The normalized spacial score (nSPS) is 23.1. The highest BCUT2D eigenvalue weighted by Crippen LogP contribution is 2.36. The van der Waals surface area contributed by atoms with Gasteiger partial charge in [-0.3, -0.25) is 0 Å². The zero-order valence-corrected chi connectivity index (χ0v) is 22.5. The Morgan fingerprint density at radius 1 is 0.919 bits per heavy atom. The van der Waals surface area contributed by atoms with Gasteiger partial charge in [0.1, 0.15) is 5.82 Å². The van der Waals surface area contributed by atoms with Gasteiger partial charge in [-0.2, -0.15) is 9.97 Å². The van der Waals surface area contributed by atoms with Crippen LogP contribution in [0.1, 0.15) is 42.5 Å². The van der Waals surface area contributed by atoms with Crippen molar-refractivity contribution >= 4 is 22.3 Å². The van der Waals surface area contributed by atoms with Gasteiger partial charge in [0.05, 0.1) is 19.3 Å². The zero-order chi connectivity index (χ0) is 25.4. The Labute approximate surface area is 220 Å². The second-order valence-electron chi connectivity index (χ2n) is 11.1. The van der Waals surface area contributed by atoms with Crippen LogP contribution in [0, 0.1) is 6.92 Å². The Kier molecular flexibility index (Phi) is 6.91. The van der Waals surface area contributed by atoms with Gasteiger partial charge in [-0.1, -0.05) is 30.3 Å². The second kappa shape index (κ2) is 10.5. The van der Waals surface area contributed by atoms with Crippen LogP contribution >= 0.6 is 0 Å². The first kappa shape index (κ1) is 24.4. The smallest absolute Gasteiger partial charge is 0.318 e. The minimum absolute atomic E-state index is 0.482. The molecule has 0 radical (unpaired) electrons. The lowest BCUT2D eigenvalue weighted by molar-refractivity contribution is 0.374. The Morgan fingerprint density at radius 3 is 2.32 bits per heavy atom. The fourth-order valence-corrected chi connectivity index (χ4v) is 6.56. The summed E-state index contributed by atoms with van der Waals surface area (Å²) < 4.78 is 5.53. The molecule has 5 heterocycles. The van der Waals surface area contributed by atoms with Gasteiger partial charge in [-0.05, 0) is 76.2 Å². The largest absolute Gasteiger partial charge is 0.467 e. The highest BCUT2D eigenvalue weighted by Gasteiger charge is 2.35. The molecule has 0 spiro atoms. The van der Waals surface area contributed by atoms with Gasteiger partial charge in [-0.15, -0.1) is 0 Å². The van der Waals surface area contributed by atoms with Crippen molar-refractivity contribution in [1.82, 2.24) is 20.2 Å². The van der Waals surface area contributed by atoms with E-state index in [0.29, 0.717) is 18.1 Å². The van der Waals surface area contributed by atoms with E-state index in [2.05, 4.69) is 70.4 Å². The number of methoxy groups -OCH3 is 1. The topological polar surface area (TPSA) is 56.8 Å². The standard InChI is InChI=1S/C25H29N5O.C5H11N/c1-16-5-3-6-17-7-4-8-22(23(16)17)29-12-11-20-21(15-29)27-25(31-2)28-24(20)30-13-18-9-10-19(14-30)26-18;1-6-4-2-3-5-6/h3-8,18-19,26H,9-15H2,1-2H3;2-5H2,1H3. The van der Waals surface area contributed by atoms with Crippen molar-refractivity contribution in [3.05, 3.63) is 53.2 Å². The second-order valence-corrected chi connectivity index (χ2v) is 11.1. The Morgan fingerprint density at radius 2 is 1.65 bits per heavy atom. The summed E-state index contributed by atoms with van der Waals surface area (Å²) in [5, 5.41) is 6.36. The number of piperazine rings is 1. The van der Waals surface area contributed by atoms with Crippen LogP contribution in [0.25, 0.3) is 10.8 Å². The average Bonchev–Trinajstić information content (AvgIpc) is 3.54. The number of fused-ring (bicyclic) bond motifs is 4. The number of ether oxygens (including phenoxy) is 1. The van der Waals surface area contributed by atoms with Crippen LogP contribution < -0.4 is 19.9 Å². The molecule has 0 saturated carbocycles. The van der Waals surface area contributed by atoms with Gasteiger partial charge in [-0.25, -0.2) is 0 Å². The molecule has 0 aliphatic carbocycles. The number of aryl methyl sites for hydroxylation is 1. The Balaban J connectivity index is 0.000000372. The van der Waals surface area contributed by atoms with Crippen LogP contribution in [0.5, 0.6) is 6.01 Å². The van der Waals surface area contributed by atoms with Crippen LogP contribution in [0.4, 0.5) is 11.5 Å². The number of hydrogen-bond donors (Lipinski definition) is 1. The van der Waals surface area contributed by atoms with Gasteiger partial charge in [0.25, 0.3) is 0 Å². The summed E-state index contributed by atoms with van der Waals surface area (Å²) >= 11 is 0. The number of anilines is 2. The monoisotopic (exact) mass is 500 g/mol. The predicted octanol–water partition coefficient (Wildman–Crippen LogP) is 4.16. The third-order valence-electron chi connectivity index (χ3n) is 8.48. The van der Waals surface area contributed by atoms with Gasteiger partial charge in [0, 0.05) is 48.4 Å². The molecule has 37 heavy (non-hydrogen) atoms. The summed E-state index contributed by atoms with van der Waals surface area (Å²) in [6, 6.07) is 14.8. The number of benzene rings is 2. The van der Waals surface area contributed by atoms with E-state index in [1.54, 1.807) is 7.11 Å². The highest BCUT2D eigenvalue weighted by atomic mass is 16.5. The van der Waals surface area contributed by atoms with Crippen molar-refractivity contribution < 1.29 is 4.74 Å². The van der Waals surface area contributed by atoms with Crippen LogP contribution in [0.3, 0.4) is 0 Å². The fourth-order valence-electron chi connectivity index (χ4n) is 6.56. The maximum Gasteiger partial charge on any atom is 0.318 e. The van der Waals surface area contributed by atoms with Gasteiger partial charge in [0.2, 0.25) is 0 Å². The van der Waals surface area contributed by atoms with E-state index in [0.717, 1.165) is 44.1 Å². The first-order valence-electron chi connectivity index (χ1n) is 14.0. The summed E-state index contributed by atoms with van der Waals surface area (Å²) in [5.74, 6) is 1.09. The van der Waals surface area contributed by atoms with E-state index in [1.165, 1.54) is 66.4 Å². The molecule has 7 nitrogen and oxygen atoms in total. The Bertz CT molecular complexity index is 1240. The van der Waals surface area contributed by atoms with Crippen molar-refractivity contribution in [3.63, 3.8) is 0 Å². The van der Waals surface area contributed by atoms with E-state index < -0.39 is 0 Å². The lowest BCUT2D eigenvalue weighted by Gasteiger charge is -2.37. The van der Waals surface area contributed by atoms with Crippen molar-refractivity contribution in [2.45, 2.75) is 57.7 Å². The van der Waals surface area contributed by atoms with Crippen LogP contribution in [-0.2, 0) is 13.0 Å². The summed E-state index contributed by atoms with van der Waals surface area (Å²) in [7, 11) is 3.84. The van der Waals surface area contributed by atoms with Crippen molar-refractivity contribution in [1.29, 1.82) is 0 Å². The molecular formula is C30H40N6O. The molecule has 7 heteroatoms. The van der Waals surface area contributed by atoms with Gasteiger partial charge >= 0.3 is 6.01 Å². The van der Waals surface area contributed by atoms with Crippen LogP contribution in [0.2, 0.25) is 0 Å². The van der Waals surface area contributed by atoms with Crippen molar-refractivity contribution in [2.24, 2.45) is 0 Å². The number of hydrogen-bond acceptors (Lipinski definition) is 7. The summed E-state index contributed by atoms with van der Waals surface area (Å²) in [6.45, 7) is 8.64. The maximum atomic E-state index is 5.53. The molecule has 3 aromatic rings. The third-order valence-corrected chi connectivity index (χ3v) is 8.48. The molecular weight excluding hydrogens is 460 g/mol. The number of aromatic nitrogens is 2. The molecule has 3 saturated heterocycles. The lowest BCUT2D eigenvalue weighted by Crippen LogP contribution is -2.52. The molecule has 3 fully saturated rings. The molecule has 2 aromatic carbocycles. The number of nitrogens with one attached hydrogen (secondary N) is 1. The first-order valence-corrected chi connectivity index (χ1v) is 14.0. The summed E-state index contributed by atoms with van der Waals surface area (Å²) in [5.41, 5.74) is 5.01. The average molecular weight is 501 g/mol. The molecule has 4 aliphatic heterocycles. The van der Waals surface area contributed by atoms with Crippen molar-refractivity contribution in [3.8, 4) is 6.01 Å². The summed E-state index contributed by atoms with van der Waals surface area (Å²) in [6.07, 6.45) is 6.31. The molecule has 7 rings (SSSR count). The quantitative estimate of drug-likeness (QED) is 0.580. The third kappa shape index (κ3) is 4.99. The first-order chi connectivity index (χ1) is 18.1. The fraction of sp³-hybridized carbons (Fsp3) is 0.533. The predicted molar refractivity (Wildman–Crippen MR) is 151 cm³/mol. The molecule has 2 unspecified atom stereocenters. The minimum Gasteiger partial charge on any atom is -0.467 e. The molecule has 196 valence electrons. The molecule has 0 amide bonds. The number of likely N-dealkylation sites (tertiary alicyclic amines) is 1.